The van der Waals surface area contributed by atoms with Crippen LogP contribution in [0.4, 0.5) is 30.7 Å². The topological polar surface area (TPSA) is 9.23 Å². The number of halogens is 7. The Labute approximate surface area is 207 Å². The van der Waals surface area contributed by atoms with E-state index in [2.05, 4.69) is 11.7 Å². The molecule has 4 rings (SSSR count). The van der Waals surface area contributed by atoms with Crippen molar-refractivity contribution in [1.29, 1.82) is 0 Å². The second-order valence-electron chi connectivity index (χ2n) is 10.4. The molecule has 0 bridgehead atoms. The van der Waals surface area contributed by atoms with Crippen LogP contribution in [0, 0.1) is 53.8 Å². The minimum Gasteiger partial charge on any atom is -0.428 e. The monoisotopic (exact) mass is 516 g/mol. The molecule has 0 radical (unpaired) electrons. The van der Waals surface area contributed by atoms with Crippen molar-refractivity contribution < 1.29 is 35.5 Å². The fourth-order valence-electron chi connectivity index (χ4n) is 6.06. The van der Waals surface area contributed by atoms with E-state index in [1.54, 1.807) is 0 Å². The van der Waals surface area contributed by atoms with Crippen molar-refractivity contribution >= 4 is 0 Å². The van der Waals surface area contributed by atoms with Crippen molar-refractivity contribution in [3.63, 3.8) is 0 Å². The number of ether oxygens (including phenoxy) is 1. The van der Waals surface area contributed by atoms with Gasteiger partial charge in [0, 0.05) is 11.6 Å². The summed E-state index contributed by atoms with van der Waals surface area (Å²) < 4.78 is 104. The van der Waals surface area contributed by atoms with Crippen LogP contribution in [0.15, 0.2) is 18.2 Å². The second kappa shape index (κ2) is 10.6. The van der Waals surface area contributed by atoms with E-state index in [4.69, 9.17) is 0 Å². The third-order valence-electron chi connectivity index (χ3n) is 8.33. The first-order valence-electron chi connectivity index (χ1n) is 12.7. The highest BCUT2D eigenvalue weighted by atomic mass is 19.3. The molecule has 8 heteroatoms. The third kappa shape index (κ3) is 5.37. The van der Waals surface area contributed by atoms with E-state index < -0.39 is 52.1 Å². The molecule has 0 saturated heterocycles. The van der Waals surface area contributed by atoms with Gasteiger partial charge in [0.25, 0.3) is 0 Å². The Morgan fingerprint density at radius 1 is 0.750 bits per heavy atom. The highest BCUT2D eigenvalue weighted by Crippen LogP contribution is 2.45. The van der Waals surface area contributed by atoms with Crippen LogP contribution < -0.4 is 4.74 Å². The lowest BCUT2D eigenvalue weighted by Crippen LogP contribution is -2.27. The number of hydrogen-bond acceptors (Lipinski definition) is 1. The summed E-state index contributed by atoms with van der Waals surface area (Å²) in [6, 6.07) is 2.01. The predicted molar refractivity (Wildman–Crippen MR) is 122 cm³/mol. The van der Waals surface area contributed by atoms with E-state index in [9.17, 15) is 30.7 Å². The molecule has 36 heavy (non-hydrogen) atoms. The van der Waals surface area contributed by atoms with E-state index in [1.807, 2.05) is 0 Å². The molecule has 2 aromatic rings. The van der Waals surface area contributed by atoms with Gasteiger partial charge in [0.2, 0.25) is 0 Å². The average molecular weight is 517 g/mol. The summed E-state index contributed by atoms with van der Waals surface area (Å²) in [4.78, 5) is 0. The quantitative estimate of drug-likeness (QED) is 0.275. The van der Waals surface area contributed by atoms with Gasteiger partial charge in [-0.1, -0.05) is 26.2 Å². The van der Waals surface area contributed by atoms with E-state index >= 15 is 0 Å². The maximum Gasteiger partial charge on any atom is 0.432 e. The molecule has 0 heterocycles. The highest BCUT2D eigenvalue weighted by Gasteiger charge is 2.42. The molecule has 2 fully saturated rings. The summed E-state index contributed by atoms with van der Waals surface area (Å²) in [6.45, 7) is 3.12. The molecule has 2 aliphatic carbocycles. The molecule has 0 aliphatic heterocycles. The van der Waals surface area contributed by atoms with Crippen LogP contribution in [0.3, 0.4) is 0 Å². The number of hydrogen-bond donors (Lipinski definition) is 0. The van der Waals surface area contributed by atoms with Crippen LogP contribution >= 0.6 is 0 Å². The summed E-state index contributed by atoms with van der Waals surface area (Å²) in [5.41, 5.74) is -2.09. The Morgan fingerprint density at radius 3 is 1.81 bits per heavy atom. The smallest absolute Gasteiger partial charge is 0.428 e. The molecule has 0 atom stereocenters. The zero-order valence-corrected chi connectivity index (χ0v) is 20.5. The summed E-state index contributed by atoms with van der Waals surface area (Å²) in [6.07, 6.45) is 4.95. The molecule has 0 unspecified atom stereocenters. The molecule has 0 spiro atoms. The highest BCUT2D eigenvalue weighted by molar-refractivity contribution is 5.37. The number of benzene rings is 2. The van der Waals surface area contributed by atoms with Crippen molar-refractivity contribution in [2.45, 2.75) is 83.7 Å². The lowest BCUT2D eigenvalue weighted by Gasteiger charge is -2.38. The van der Waals surface area contributed by atoms with Crippen LogP contribution in [0.2, 0.25) is 0 Å². The summed E-state index contributed by atoms with van der Waals surface area (Å²) in [5, 5.41) is 0. The van der Waals surface area contributed by atoms with Crippen molar-refractivity contribution in [3.8, 4) is 5.75 Å². The third-order valence-corrected chi connectivity index (χ3v) is 8.33. The minimum atomic E-state index is -4.58. The van der Waals surface area contributed by atoms with E-state index in [1.165, 1.54) is 32.1 Å². The lowest BCUT2D eigenvalue weighted by atomic mass is 9.68. The molecule has 2 saturated carbocycles. The van der Waals surface area contributed by atoms with Crippen molar-refractivity contribution in [1.82, 2.24) is 0 Å². The predicted octanol–water partition coefficient (Wildman–Crippen LogP) is 9.31. The van der Waals surface area contributed by atoms with Gasteiger partial charge in [-0.3, -0.25) is 0 Å². The van der Waals surface area contributed by atoms with E-state index in [-0.39, 0.29) is 12.0 Å². The van der Waals surface area contributed by atoms with Crippen molar-refractivity contribution in [2.24, 2.45) is 17.8 Å². The first kappa shape index (κ1) is 26.8. The Hall–Kier alpha value is -2.25. The molecular formula is C28H31F7O. The Morgan fingerprint density at radius 2 is 1.28 bits per heavy atom. The summed E-state index contributed by atoms with van der Waals surface area (Å²) >= 11 is 0. The van der Waals surface area contributed by atoms with Crippen LogP contribution in [0.25, 0.3) is 0 Å². The standard InChI is InChI=1S/C28H31F7O/c1-3-16-4-6-17(7-5-16)18-8-10-19(11-9-18)20-12-21(29)25(22(30)13-20)28(34,35)36-24-14-23(31)27(33)26(32)15(24)2/h12-14,16-19H,3-11H2,1-2H3. The van der Waals surface area contributed by atoms with Gasteiger partial charge in [0.05, 0.1) is 0 Å². The van der Waals surface area contributed by atoms with Crippen LogP contribution in [-0.2, 0) is 6.11 Å². The van der Waals surface area contributed by atoms with Gasteiger partial charge in [-0.25, -0.2) is 22.0 Å². The maximum absolute atomic E-state index is 14.8. The van der Waals surface area contributed by atoms with Crippen LogP contribution in [-0.4, -0.2) is 0 Å². The maximum atomic E-state index is 14.8. The van der Waals surface area contributed by atoms with Gasteiger partial charge in [-0.15, -0.1) is 0 Å². The van der Waals surface area contributed by atoms with Gasteiger partial charge < -0.3 is 4.74 Å². The molecule has 2 aliphatic rings. The Kier molecular flexibility index (Phi) is 7.91. The molecule has 0 N–H and O–H groups in total. The zero-order valence-electron chi connectivity index (χ0n) is 20.5. The largest absolute Gasteiger partial charge is 0.432 e. The molecule has 1 nitrogen and oxygen atoms in total. The fourth-order valence-corrected chi connectivity index (χ4v) is 6.06. The van der Waals surface area contributed by atoms with Gasteiger partial charge in [-0.2, -0.15) is 8.78 Å². The van der Waals surface area contributed by atoms with Crippen LogP contribution in [0.1, 0.15) is 87.3 Å². The number of alkyl halides is 2. The van der Waals surface area contributed by atoms with Crippen molar-refractivity contribution in [2.75, 3.05) is 0 Å². The second-order valence-corrected chi connectivity index (χ2v) is 10.4. The molecule has 0 amide bonds. The first-order chi connectivity index (χ1) is 17.0. The Balaban J connectivity index is 1.47. The summed E-state index contributed by atoms with van der Waals surface area (Å²) in [5.74, 6) is -7.43. The number of rotatable bonds is 6. The van der Waals surface area contributed by atoms with Gasteiger partial charge in [-0.05, 0) is 86.8 Å². The van der Waals surface area contributed by atoms with Gasteiger partial charge in [0.15, 0.2) is 17.5 Å². The molecular weight excluding hydrogens is 485 g/mol. The summed E-state index contributed by atoms with van der Waals surface area (Å²) in [7, 11) is 0. The average Bonchev–Trinajstić information content (AvgIpc) is 2.85. The van der Waals surface area contributed by atoms with Crippen molar-refractivity contribution in [3.05, 3.63) is 64.0 Å². The fraction of sp³-hybridized carbons (Fsp3) is 0.571. The van der Waals surface area contributed by atoms with E-state index in [0.717, 1.165) is 50.7 Å². The van der Waals surface area contributed by atoms with Gasteiger partial charge in [0.1, 0.15) is 22.9 Å². The minimum absolute atomic E-state index is 0.136. The molecule has 2 aromatic carbocycles. The molecule has 198 valence electrons. The first-order valence-corrected chi connectivity index (χ1v) is 12.7. The van der Waals surface area contributed by atoms with E-state index in [0.29, 0.717) is 17.4 Å². The van der Waals surface area contributed by atoms with Gasteiger partial charge >= 0.3 is 6.11 Å². The zero-order chi connectivity index (χ0) is 26.2. The van der Waals surface area contributed by atoms with Crippen LogP contribution in [0.5, 0.6) is 5.75 Å². The Bertz CT molecular complexity index is 1060. The SMILES string of the molecule is CCC1CCC(C2CCC(c3cc(F)c(C(F)(F)Oc4cc(F)c(F)c(F)c4C)c(F)c3)CC2)CC1. The normalized spacial score (nSPS) is 25.1. The molecule has 0 aromatic heterocycles. The lowest BCUT2D eigenvalue weighted by molar-refractivity contribution is -0.190.